The summed E-state index contributed by atoms with van der Waals surface area (Å²) in [5, 5.41) is 9.69. The summed E-state index contributed by atoms with van der Waals surface area (Å²) in [7, 11) is -1.22. The lowest BCUT2D eigenvalue weighted by atomic mass is 9.93. The lowest BCUT2D eigenvalue weighted by molar-refractivity contribution is 0.570. The molecule has 1 aromatic rings. The minimum Gasteiger partial charge on any atom is -0.356 e. The molecule has 9 heteroatoms. The summed E-state index contributed by atoms with van der Waals surface area (Å²) in [5.74, 6) is 0.857. The van der Waals surface area contributed by atoms with Gasteiger partial charge in [-0.1, -0.05) is 20.8 Å². The zero-order valence-corrected chi connectivity index (χ0v) is 19.9. The van der Waals surface area contributed by atoms with Crippen LogP contribution in [0.1, 0.15) is 44.8 Å². The molecule has 1 unspecified atom stereocenters. The van der Waals surface area contributed by atoms with Crippen molar-refractivity contribution >= 4 is 51.1 Å². The van der Waals surface area contributed by atoms with E-state index < -0.39 is 9.84 Å². The number of aliphatic imine (C=N–C) groups is 1. The van der Waals surface area contributed by atoms with Crippen molar-refractivity contribution in [1.29, 1.82) is 0 Å². The molecule has 0 radical (unpaired) electrons. The average Bonchev–Trinajstić information content (AvgIpc) is 2.92. The van der Waals surface area contributed by atoms with E-state index in [2.05, 4.69) is 46.8 Å². The lowest BCUT2D eigenvalue weighted by Crippen LogP contribution is -2.43. The smallest absolute Gasteiger partial charge is 0.191 e. The highest BCUT2D eigenvalue weighted by Crippen LogP contribution is 2.23. The summed E-state index contributed by atoms with van der Waals surface area (Å²) in [4.78, 5) is 8.85. The number of sulfone groups is 1. The van der Waals surface area contributed by atoms with E-state index in [1.54, 1.807) is 18.4 Å². The van der Waals surface area contributed by atoms with Gasteiger partial charge in [0.2, 0.25) is 0 Å². The van der Waals surface area contributed by atoms with Crippen LogP contribution in [0.5, 0.6) is 0 Å². The Morgan fingerprint density at radius 1 is 1.40 bits per heavy atom. The molecule has 0 aromatic carbocycles. The molecule has 0 saturated carbocycles. The van der Waals surface area contributed by atoms with E-state index in [-0.39, 0.29) is 41.2 Å². The summed E-state index contributed by atoms with van der Waals surface area (Å²) in [6.07, 6.45) is 2.65. The van der Waals surface area contributed by atoms with Gasteiger partial charge >= 0.3 is 0 Å². The fourth-order valence-electron chi connectivity index (χ4n) is 1.95. The average molecular weight is 502 g/mol. The molecule has 0 aliphatic rings. The quantitative estimate of drug-likeness (QED) is 0.340. The van der Waals surface area contributed by atoms with Crippen LogP contribution in [0, 0.1) is 0 Å². The van der Waals surface area contributed by atoms with Crippen LogP contribution in [0.2, 0.25) is 0 Å². The van der Waals surface area contributed by atoms with Crippen LogP contribution >= 0.6 is 35.3 Å². The molecule has 2 N–H and O–H groups in total. The van der Waals surface area contributed by atoms with Crippen LogP contribution in [0.3, 0.4) is 0 Å². The molecule has 6 nitrogen and oxygen atoms in total. The Morgan fingerprint density at radius 2 is 2.04 bits per heavy atom. The first-order valence-corrected chi connectivity index (χ1v) is 11.0. The molecule has 0 fully saturated rings. The Balaban J connectivity index is 0.00000576. The minimum atomic E-state index is -2.93. The molecular weight excluding hydrogens is 471 g/mol. The Morgan fingerprint density at radius 3 is 2.52 bits per heavy atom. The van der Waals surface area contributed by atoms with Crippen LogP contribution in [-0.2, 0) is 21.7 Å². The molecule has 146 valence electrons. The zero-order chi connectivity index (χ0) is 18.4. The third-order valence-electron chi connectivity index (χ3n) is 3.48. The molecule has 0 bridgehead atoms. The van der Waals surface area contributed by atoms with Crippen molar-refractivity contribution in [3.8, 4) is 0 Å². The molecule has 0 saturated heterocycles. The van der Waals surface area contributed by atoms with Gasteiger partial charge in [0.25, 0.3) is 0 Å². The summed E-state index contributed by atoms with van der Waals surface area (Å²) in [6, 6.07) is 0.0401. The lowest BCUT2D eigenvalue weighted by Gasteiger charge is -2.17. The molecular formula is C16H31IN4O2S2. The first kappa shape index (κ1) is 24.6. The third kappa shape index (κ3) is 10.3. The second-order valence-electron chi connectivity index (χ2n) is 7.09. The topological polar surface area (TPSA) is 83.4 Å². The number of rotatable bonds is 7. The SMILES string of the molecule is CN=C(NCCc1nc(C(C)(C)C)cs1)NC(C)CCS(C)(=O)=O.I. The maximum absolute atomic E-state index is 11.2. The van der Waals surface area contributed by atoms with Crippen molar-refractivity contribution in [1.82, 2.24) is 15.6 Å². The van der Waals surface area contributed by atoms with Gasteiger partial charge in [-0.2, -0.15) is 0 Å². The van der Waals surface area contributed by atoms with Gasteiger partial charge in [0.15, 0.2) is 5.96 Å². The van der Waals surface area contributed by atoms with Crippen LogP contribution in [-0.4, -0.2) is 51.0 Å². The second-order valence-corrected chi connectivity index (χ2v) is 10.3. The summed E-state index contributed by atoms with van der Waals surface area (Å²) in [5.41, 5.74) is 1.20. The van der Waals surface area contributed by atoms with E-state index in [1.807, 2.05) is 6.92 Å². The standard InChI is InChI=1S/C16H30N4O2S2.HI/c1-12(8-10-24(6,21)22)19-15(17-5)18-9-7-14-20-13(11-23-14)16(2,3)4;/h11-12H,7-10H2,1-6H3,(H2,17,18,19);1H. The van der Waals surface area contributed by atoms with Crippen molar-refractivity contribution in [2.45, 2.75) is 52.0 Å². The molecule has 0 spiro atoms. The highest BCUT2D eigenvalue weighted by molar-refractivity contribution is 14.0. The van der Waals surface area contributed by atoms with E-state index in [1.165, 1.54) is 6.26 Å². The minimum absolute atomic E-state index is 0. The number of thiazole rings is 1. The highest BCUT2D eigenvalue weighted by atomic mass is 127. The van der Waals surface area contributed by atoms with Crippen molar-refractivity contribution in [3.63, 3.8) is 0 Å². The summed E-state index contributed by atoms with van der Waals surface area (Å²) >= 11 is 1.68. The maximum atomic E-state index is 11.2. The van der Waals surface area contributed by atoms with E-state index in [4.69, 9.17) is 0 Å². The fraction of sp³-hybridized carbons (Fsp3) is 0.750. The Hall–Kier alpha value is -0.420. The van der Waals surface area contributed by atoms with Gasteiger partial charge in [0.1, 0.15) is 9.84 Å². The molecule has 25 heavy (non-hydrogen) atoms. The van der Waals surface area contributed by atoms with Crippen LogP contribution in [0.15, 0.2) is 10.4 Å². The number of nitrogens with zero attached hydrogens (tertiary/aromatic N) is 2. The Bertz CT molecular complexity index is 651. The number of nitrogens with one attached hydrogen (secondary N) is 2. The van der Waals surface area contributed by atoms with Crippen molar-refractivity contribution in [3.05, 3.63) is 16.1 Å². The molecule has 1 heterocycles. The predicted octanol–water partition coefficient (Wildman–Crippen LogP) is 2.59. The van der Waals surface area contributed by atoms with Gasteiger partial charge in [-0.3, -0.25) is 4.99 Å². The first-order valence-electron chi connectivity index (χ1n) is 8.11. The van der Waals surface area contributed by atoms with Gasteiger partial charge in [-0.15, -0.1) is 35.3 Å². The number of halogens is 1. The second kappa shape index (κ2) is 10.7. The fourth-order valence-corrected chi connectivity index (χ4v) is 3.76. The number of aromatic nitrogens is 1. The molecule has 1 atom stereocenters. The Kier molecular flexibility index (Phi) is 10.5. The van der Waals surface area contributed by atoms with Gasteiger partial charge in [0.05, 0.1) is 16.5 Å². The molecule has 0 aliphatic heterocycles. The zero-order valence-electron chi connectivity index (χ0n) is 15.9. The normalized spacial score (nSPS) is 13.9. The number of guanidine groups is 1. The molecule has 1 rings (SSSR count). The van der Waals surface area contributed by atoms with Gasteiger partial charge in [-0.05, 0) is 13.3 Å². The van der Waals surface area contributed by atoms with Crippen LogP contribution in [0.4, 0.5) is 0 Å². The van der Waals surface area contributed by atoms with E-state index in [0.717, 1.165) is 23.7 Å². The molecule has 0 amide bonds. The van der Waals surface area contributed by atoms with Crippen molar-refractivity contribution < 1.29 is 8.42 Å². The summed E-state index contributed by atoms with van der Waals surface area (Å²) in [6.45, 7) is 9.17. The summed E-state index contributed by atoms with van der Waals surface area (Å²) < 4.78 is 22.4. The van der Waals surface area contributed by atoms with E-state index in [0.29, 0.717) is 12.4 Å². The van der Waals surface area contributed by atoms with Crippen molar-refractivity contribution in [2.24, 2.45) is 4.99 Å². The highest BCUT2D eigenvalue weighted by Gasteiger charge is 2.17. The first-order chi connectivity index (χ1) is 11.0. The molecule has 0 aliphatic carbocycles. The predicted molar refractivity (Wildman–Crippen MR) is 118 cm³/mol. The van der Waals surface area contributed by atoms with E-state index >= 15 is 0 Å². The van der Waals surface area contributed by atoms with Gasteiger partial charge < -0.3 is 10.6 Å². The van der Waals surface area contributed by atoms with Crippen LogP contribution in [0.25, 0.3) is 0 Å². The van der Waals surface area contributed by atoms with E-state index in [9.17, 15) is 8.42 Å². The Labute approximate surface area is 173 Å². The van der Waals surface area contributed by atoms with Gasteiger partial charge in [-0.25, -0.2) is 13.4 Å². The van der Waals surface area contributed by atoms with Gasteiger partial charge in [0, 0.05) is 43.1 Å². The maximum Gasteiger partial charge on any atom is 0.191 e. The third-order valence-corrected chi connectivity index (χ3v) is 5.37. The van der Waals surface area contributed by atoms with Crippen LogP contribution < -0.4 is 10.6 Å². The van der Waals surface area contributed by atoms with Crippen molar-refractivity contribution in [2.75, 3.05) is 25.6 Å². The monoisotopic (exact) mass is 502 g/mol. The number of hydrogen-bond acceptors (Lipinski definition) is 5. The largest absolute Gasteiger partial charge is 0.356 e. The molecule has 1 aromatic heterocycles. The number of hydrogen-bond donors (Lipinski definition) is 2.